The van der Waals surface area contributed by atoms with Crippen molar-refractivity contribution in [1.82, 2.24) is 34.5 Å². The number of benzene rings is 4. The van der Waals surface area contributed by atoms with E-state index in [2.05, 4.69) is 19.9 Å². The number of rotatable bonds is 9. The zero-order valence-corrected chi connectivity index (χ0v) is 26.7. The standard InChI is InChI=1S/C40H25N7O4/c1-3-17-42-37(11-1)50-28-9-5-7-26(21-28)48-30-13-15-32-33-16-14-31(49-27-8-6-10-29(22-27)51-38-12-2-4-18-43-38)24-36(33)47(35(32)23-30)40-45-25-34-39(46-40)44-20-19-41-34/h1-25H. The van der Waals surface area contributed by atoms with Gasteiger partial charge >= 0.3 is 0 Å². The van der Waals surface area contributed by atoms with Crippen molar-refractivity contribution >= 4 is 33.0 Å². The predicted molar refractivity (Wildman–Crippen MR) is 191 cm³/mol. The molecule has 0 saturated heterocycles. The lowest BCUT2D eigenvalue weighted by Crippen LogP contribution is -2.02. The minimum atomic E-state index is 0.425. The van der Waals surface area contributed by atoms with Gasteiger partial charge in [0.25, 0.3) is 0 Å². The van der Waals surface area contributed by atoms with Gasteiger partial charge in [-0.15, -0.1) is 0 Å². The Hall–Kier alpha value is -7.40. The lowest BCUT2D eigenvalue weighted by atomic mass is 10.1. The van der Waals surface area contributed by atoms with Crippen molar-refractivity contribution in [2.75, 3.05) is 0 Å². The van der Waals surface area contributed by atoms with E-state index in [4.69, 9.17) is 28.9 Å². The van der Waals surface area contributed by atoms with Crippen LogP contribution in [-0.2, 0) is 0 Å². The van der Waals surface area contributed by atoms with Crippen LogP contribution in [0.1, 0.15) is 0 Å². The smallest absolute Gasteiger partial charge is 0.236 e. The highest BCUT2D eigenvalue weighted by molar-refractivity contribution is 6.09. The van der Waals surface area contributed by atoms with Crippen LogP contribution < -0.4 is 18.9 Å². The number of pyridine rings is 2. The first-order valence-electron chi connectivity index (χ1n) is 16.0. The number of aromatic nitrogens is 7. The van der Waals surface area contributed by atoms with Crippen LogP contribution in [0.3, 0.4) is 0 Å². The van der Waals surface area contributed by atoms with Crippen molar-refractivity contribution in [3.63, 3.8) is 0 Å². The molecular formula is C40H25N7O4. The highest BCUT2D eigenvalue weighted by Gasteiger charge is 2.18. The first-order chi connectivity index (χ1) is 25.2. The van der Waals surface area contributed by atoms with Crippen LogP contribution in [0, 0.1) is 0 Å². The van der Waals surface area contributed by atoms with Crippen molar-refractivity contribution in [2.45, 2.75) is 0 Å². The molecule has 0 aliphatic carbocycles. The molecule has 5 aromatic heterocycles. The second-order valence-corrected chi connectivity index (χ2v) is 11.3. The van der Waals surface area contributed by atoms with Crippen LogP contribution in [-0.4, -0.2) is 34.5 Å². The largest absolute Gasteiger partial charge is 0.457 e. The molecule has 0 aliphatic heterocycles. The quantitative estimate of drug-likeness (QED) is 0.147. The van der Waals surface area contributed by atoms with Crippen LogP contribution in [0.25, 0.3) is 38.9 Å². The van der Waals surface area contributed by atoms with Crippen molar-refractivity contribution in [1.29, 1.82) is 0 Å². The molecule has 0 bridgehead atoms. The van der Waals surface area contributed by atoms with E-state index < -0.39 is 0 Å². The molecule has 0 atom stereocenters. The average molecular weight is 668 g/mol. The second kappa shape index (κ2) is 12.9. The molecule has 0 saturated carbocycles. The van der Waals surface area contributed by atoms with Gasteiger partial charge in [0, 0.05) is 72.0 Å². The summed E-state index contributed by atoms with van der Waals surface area (Å²) in [6.45, 7) is 0. The van der Waals surface area contributed by atoms with E-state index >= 15 is 0 Å². The van der Waals surface area contributed by atoms with Crippen LogP contribution in [0.5, 0.6) is 46.3 Å². The molecule has 9 rings (SSSR count). The molecule has 11 nitrogen and oxygen atoms in total. The summed E-state index contributed by atoms with van der Waals surface area (Å²) in [5, 5.41) is 1.95. The first kappa shape index (κ1) is 29.7. The minimum absolute atomic E-state index is 0.425. The van der Waals surface area contributed by atoms with E-state index in [1.807, 2.05) is 114 Å². The van der Waals surface area contributed by atoms with Gasteiger partial charge in [-0.1, -0.05) is 24.3 Å². The van der Waals surface area contributed by atoms with Gasteiger partial charge in [-0.25, -0.2) is 24.9 Å². The van der Waals surface area contributed by atoms with Gasteiger partial charge in [0.15, 0.2) is 5.65 Å². The van der Waals surface area contributed by atoms with Crippen LogP contribution >= 0.6 is 0 Å². The minimum Gasteiger partial charge on any atom is -0.457 e. The Morgan fingerprint density at radius 2 is 0.941 bits per heavy atom. The van der Waals surface area contributed by atoms with Crippen LogP contribution in [0.2, 0.25) is 0 Å². The van der Waals surface area contributed by atoms with Gasteiger partial charge in [0.2, 0.25) is 17.7 Å². The summed E-state index contributed by atoms with van der Waals surface area (Å²) in [4.78, 5) is 26.8. The Kier molecular flexibility index (Phi) is 7.52. The zero-order chi connectivity index (χ0) is 34.0. The molecule has 0 radical (unpaired) electrons. The Bertz CT molecular complexity index is 2530. The summed E-state index contributed by atoms with van der Waals surface area (Å²) in [6, 6.07) is 37.7. The maximum absolute atomic E-state index is 6.36. The predicted octanol–water partition coefficient (Wildman–Crippen LogP) is 9.48. The monoisotopic (exact) mass is 667 g/mol. The topological polar surface area (TPSA) is 119 Å². The fourth-order valence-electron chi connectivity index (χ4n) is 5.72. The molecule has 0 fully saturated rings. The second-order valence-electron chi connectivity index (χ2n) is 11.3. The maximum atomic E-state index is 6.36. The molecule has 0 N–H and O–H groups in total. The molecule has 0 amide bonds. The number of hydrogen-bond acceptors (Lipinski definition) is 10. The molecule has 244 valence electrons. The Morgan fingerprint density at radius 1 is 0.412 bits per heavy atom. The van der Waals surface area contributed by atoms with Crippen LogP contribution in [0.4, 0.5) is 0 Å². The number of fused-ring (bicyclic) bond motifs is 4. The van der Waals surface area contributed by atoms with Crippen molar-refractivity contribution in [2.24, 2.45) is 0 Å². The molecule has 0 unspecified atom stereocenters. The third kappa shape index (κ3) is 6.18. The molecule has 11 heteroatoms. The molecule has 5 heterocycles. The molecule has 4 aromatic carbocycles. The van der Waals surface area contributed by atoms with E-state index in [1.165, 1.54) is 0 Å². The van der Waals surface area contributed by atoms with Gasteiger partial charge in [0.05, 0.1) is 17.2 Å². The van der Waals surface area contributed by atoms with E-state index in [0.717, 1.165) is 21.8 Å². The van der Waals surface area contributed by atoms with Crippen molar-refractivity contribution < 1.29 is 18.9 Å². The van der Waals surface area contributed by atoms with E-state index in [9.17, 15) is 0 Å². The third-order valence-corrected chi connectivity index (χ3v) is 7.93. The highest BCUT2D eigenvalue weighted by atomic mass is 16.5. The lowest BCUT2D eigenvalue weighted by molar-refractivity contribution is 0.448. The molecule has 9 aromatic rings. The molecule has 0 spiro atoms. The van der Waals surface area contributed by atoms with E-state index in [1.54, 1.807) is 43.1 Å². The Morgan fingerprint density at radius 3 is 1.49 bits per heavy atom. The van der Waals surface area contributed by atoms with E-state index in [-0.39, 0.29) is 0 Å². The zero-order valence-electron chi connectivity index (χ0n) is 26.7. The van der Waals surface area contributed by atoms with Crippen molar-refractivity contribution in [3.8, 4) is 52.2 Å². The normalized spacial score (nSPS) is 11.1. The average Bonchev–Trinajstić information content (AvgIpc) is 3.48. The summed E-state index contributed by atoms with van der Waals surface area (Å²) in [7, 11) is 0. The molecule has 51 heavy (non-hydrogen) atoms. The van der Waals surface area contributed by atoms with Crippen molar-refractivity contribution in [3.05, 3.63) is 152 Å². The SMILES string of the molecule is c1ccc(Oc2cccc(Oc3ccc4c5ccc(Oc6cccc(Oc7ccccn7)c6)cc5n(-c5ncc6nccnc6n5)c4c3)c2)nc1. The third-order valence-electron chi connectivity index (χ3n) is 7.93. The van der Waals surface area contributed by atoms with Gasteiger partial charge in [-0.3, -0.25) is 4.57 Å². The fraction of sp³-hybridized carbons (Fsp3) is 0. The number of nitrogens with zero attached hydrogens (tertiary/aromatic N) is 7. The van der Waals surface area contributed by atoms with Crippen LogP contribution in [0.15, 0.2) is 152 Å². The number of ether oxygens (including phenoxy) is 4. The van der Waals surface area contributed by atoms with E-state index in [0.29, 0.717) is 63.4 Å². The fourth-order valence-corrected chi connectivity index (χ4v) is 5.72. The van der Waals surface area contributed by atoms with Gasteiger partial charge in [0.1, 0.15) is 40.0 Å². The first-order valence-corrected chi connectivity index (χ1v) is 16.0. The highest BCUT2D eigenvalue weighted by Crippen LogP contribution is 2.38. The summed E-state index contributed by atoms with van der Waals surface area (Å²) in [5.74, 6) is 5.06. The maximum Gasteiger partial charge on any atom is 0.236 e. The molecule has 0 aliphatic rings. The molecular weight excluding hydrogens is 642 g/mol. The Labute approximate surface area is 290 Å². The summed E-state index contributed by atoms with van der Waals surface area (Å²) in [6.07, 6.45) is 8.26. The summed E-state index contributed by atoms with van der Waals surface area (Å²) in [5.41, 5.74) is 2.73. The lowest BCUT2D eigenvalue weighted by Gasteiger charge is -2.11. The number of hydrogen-bond donors (Lipinski definition) is 0. The van der Waals surface area contributed by atoms with Gasteiger partial charge in [-0.2, -0.15) is 4.98 Å². The summed E-state index contributed by atoms with van der Waals surface area (Å²) >= 11 is 0. The summed E-state index contributed by atoms with van der Waals surface area (Å²) < 4.78 is 26.5. The Balaban J connectivity index is 1.10. The van der Waals surface area contributed by atoms with Gasteiger partial charge < -0.3 is 18.9 Å². The van der Waals surface area contributed by atoms with Gasteiger partial charge in [-0.05, 0) is 60.7 Å².